The van der Waals surface area contributed by atoms with Crippen LogP contribution in [-0.4, -0.2) is 26.5 Å². The summed E-state index contributed by atoms with van der Waals surface area (Å²) in [7, 11) is -2.22. The maximum atomic E-state index is 15.7. The summed E-state index contributed by atoms with van der Waals surface area (Å²) >= 11 is 0. The third-order valence-corrected chi connectivity index (χ3v) is 15.5. The number of ether oxygens (including phenoxy) is 2. The molecule has 2 atom stereocenters. The monoisotopic (exact) mass is 619 g/mol. The third-order valence-electron chi connectivity index (χ3n) is 11.0. The molecule has 2 spiro atoms. The van der Waals surface area contributed by atoms with Crippen molar-refractivity contribution in [2.45, 2.75) is 128 Å². The predicted molar refractivity (Wildman–Crippen MR) is 160 cm³/mol. The first-order valence-electron chi connectivity index (χ1n) is 15.8. The van der Waals surface area contributed by atoms with Gasteiger partial charge in [-0.15, -0.1) is 18.1 Å². The lowest BCUT2D eigenvalue weighted by molar-refractivity contribution is -0.138. The molecule has 1 saturated carbocycles. The molecule has 1 saturated heterocycles. The van der Waals surface area contributed by atoms with Gasteiger partial charge in [-0.3, -0.25) is 4.98 Å². The second kappa shape index (κ2) is 10.4. The van der Waals surface area contributed by atoms with Crippen LogP contribution in [0, 0.1) is 11.2 Å². The molecule has 4 aliphatic rings. The number of aromatic nitrogens is 1. The second-order valence-corrected chi connectivity index (χ2v) is 20.0. The van der Waals surface area contributed by atoms with Crippen molar-refractivity contribution in [3.63, 3.8) is 0 Å². The summed E-state index contributed by atoms with van der Waals surface area (Å²) in [5, 5.41) is 0.00458. The average molecular weight is 620 g/mol. The average Bonchev–Trinajstić information content (AvgIpc) is 3.19. The molecule has 237 valence electrons. The van der Waals surface area contributed by atoms with Gasteiger partial charge in [0.25, 0.3) is 0 Å². The predicted octanol–water partition coefficient (Wildman–Crippen LogP) is 9.67. The number of hydrogen-bond donors (Lipinski definition) is 0. The minimum atomic E-state index is -4.63. The lowest BCUT2D eigenvalue weighted by atomic mass is 9.58. The highest BCUT2D eigenvalue weighted by Gasteiger charge is 2.54. The molecule has 0 unspecified atom stereocenters. The van der Waals surface area contributed by atoms with Crippen LogP contribution in [0.25, 0.3) is 0 Å². The highest BCUT2D eigenvalue weighted by Crippen LogP contribution is 2.62. The Morgan fingerprint density at radius 3 is 2.23 bits per heavy atom. The summed E-state index contributed by atoms with van der Waals surface area (Å²) in [4.78, 5) is 5.37. The maximum absolute atomic E-state index is 15.7. The van der Waals surface area contributed by atoms with Crippen LogP contribution < -0.4 is 0 Å². The molecule has 9 heteroatoms. The molecular weight excluding hydrogens is 574 g/mol. The first kappa shape index (κ1) is 31.2. The Hall–Kier alpha value is -1.81. The number of halogens is 4. The summed E-state index contributed by atoms with van der Waals surface area (Å²) in [6.45, 7) is 16.5. The van der Waals surface area contributed by atoms with Gasteiger partial charge in [-0.25, -0.2) is 4.39 Å². The fourth-order valence-corrected chi connectivity index (χ4v) is 8.79. The van der Waals surface area contributed by atoms with Crippen molar-refractivity contribution in [3.8, 4) is 0 Å². The molecule has 6 rings (SSSR count). The molecule has 4 nitrogen and oxygen atoms in total. The Morgan fingerprint density at radius 2 is 1.70 bits per heavy atom. The van der Waals surface area contributed by atoms with Crippen LogP contribution in [0.5, 0.6) is 0 Å². The van der Waals surface area contributed by atoms with Gasteiger partial charge in [-0.05, 0) is 63.0 Å². The van der Waals surface area contributed by atoms with Crippen molar-refractivity contribution in [2.24, 2.45) is 5.41 Å². The summed E-state index contributed by atoms with van der Waals surface area (Å²) in [6.07, 6.45) is 0.866. The van der Waals surface area contributed by atoms with Crippen LogP contribution in [0.1, 0.15) is 130 Å². The van der Waals surface area contributed by atoms with E-state index in [9.17, 15) is 13.2 Å². The zero-order chi connectivity index (χ0) is 31.2. The van der Waals surface area contributed by atoms with Crippen molar-refractivity contribution in [3.05, 3.63) is 63.2 Å². The van der Waals surface area contributed by atoms with Gasteiger partial charge in [0, 0.05) is 60.2 Å². The van der Waals surface area contributed by atoms with Crippen LogP contribution in [0.15, 0.2) is 18.2 Å². The van der Waals surface area contributed by atoms with E-state index in [1.165, 1.54) is 12.5 Å². The Kier molecular flexibility index (Phi) is 7.51. The van der Waals surface area contributed by atoms with Gasteiger partial charge in [-0.1, -0.05) is 47.1 Å². The molecule has 1 aromatic carbocycles. The lowest BCUT2D eigenvalue weighted by Crippen LogP contribution is -2.47. The quantitative estimate of drug-likeness (QED) is 0.252. The lowest BCUT2D eigenvalue weighted by Gasteiger charge is -2.56. The van der Waals surface area contributed by atoms with Gasteiger partial charge in [0.2, 0.25) is 0 Å². The summed E-state index contributed by atoms with van der Waals surface area (Å²) in [5.74, 6) is -0.901. The number of nitrogens with zero attached hydrogens (tertiary/aromatic N) is 1. The van der Waals surface area contributed by atoms with Crippen molar-refractivity contribution >= 4 is 8.32 Å². The summed E-state index contributed by atoms with van der Waals surface area (Å²) < 4.78 is 76.2. The Bertz CT molecular complexity index is 1400. The van der Waals surface area contributed by atoms with Crippen LogP contribution in [0.3, 0.4) is 0 Å². The van der Waals surface area contributed by atoms with Crippen LogP contribution in [0.2, 0.25) is 18.1 Å². The van der Waals surface area contributed by atoms with Gasteiger partial charge in [-0.2, -0.15) is 13.2 Å². The minimum absolute atomic E-state index is 0.00458. The van der Waals surface area contributed by atoms with E-state index >= 15 is 4.39 Å². The minimum Gasteiger partial charge on any atom is -0.559 e. The van der Waals surface area contributed by atoms with Gasteiger partial charge in [0.05, 0.1) is 11.2 Å². The van der Waals surface area contributed by atoms with E-state index in [1.54, 1.807) is 0 Å². The van der Waals surface area contributed by atoms with Crippen LogP contribution >= 0.6 is 0 Å². The fraction of sp³-hybridized carbons (Fsp3) is 0.676. The van der Waals surface area contributed by atoms with E-state index in [-0.39, 0.29) is 28.0 Å². The van der Waals surface area contributed by atoms with Crippen molar-refractivity contribution in [1.82, 2.24) is 4.98 Å². The highest BCUT2D eigenvalue weighted by molar-refractivity contribution is 6.74. The van der Waals surface area contributed by atoms with Crippen LogP contribution in [-0.2, 0) is 32.1 Å². The van der Waals surface area contributed by atoms with Crippen molar-refractivity contribution < 1.29 is 31.5 Å². The smallest absolute Gasteiger partial charge is 0.416 e. The van der Waals surface area contributed by atoms with Crippen LogP contribution in [0.4, 0.5) is 17.6 Å². The molecular formula is C34H45F4NO3Si-. The number of hydrogen-bond acceptors (Lipinski definition) is 4. The van der Waals surface area contributed by atoms with E-state index in [2.05, 4.69) is 47.7 Å². The van der Waals surface area contributed by atoms with Crippen molar-refractivity contribution in [1.29, 1.82) is 0 Å². The molecule has 1 aromatic heterocycles. The Morgan fingerprint density at radius 1 is 1.02 bits per heavy atom. The number of benzene rings is 1. The van der Waals surface area contributed by atoms with E-state index in [0.717, 1.165) is 59.8 Å². The van der Waals surface area contributed by atoms with E-state index in [0.29, 0.717) is 32.1 Å². The molecule has 0 N–H and O–H groups in total. The molecule has 2 aliphatic carbocycles. The molecule has 0 amide bonds. The molecule has 0 radical (unpaired) electrons. The zero-order valence-corrected chi connectivity index (χ0v) is 27.5. The number of fused-ring (bicyclic) bond motifs is 4. The standard InChI is InChI=1S/C34H45F4NO3Si/c1-20(2)29-27-28(26-24(39-29)18-32(11-8-12-32)19-25(26)42-43(6,7)31(3,4)5)33(13-15-40-16-14-33)41-30(27)22-10-9-21(17-23(22)35)34(36,37)38/h9-10,17,20,25,30H,8,11-16,18-19H2,1-7H3/q-1/t25-,30+/m0/s1. The van der Waals surface area contributed by atoms with Crippen molar-refractivity contribution in [2.75, 3.05) is 13.2 Å². The zero-order valence-electron chi connectivity index (χ0n) is 26.5. The number of rotatable bonds is 4. The fourth-order valence-electron chi connectivity index (χ4n) is 7.52. The molecule has 2 aliphatic heterocycles. The maximum Gasteiger partial charge on any atom is 0.416 e. The molecule has 2 fully saturated rings. The first-order chi connectivity index (χ1) is 20.0. The van der Waals surface area contributed by atoms with Gasteiger partial charge in [0.15, 0.2) is 0 Å². The number of pyridine rings is 1. The molecule has 0 bridgehead atoms. The Labute approximate surface area is 254 Å². The SMILES string of the molecule is CC(C)c1nc2c(c3c1[C@@H](c1ccc(C(F)(F)F)cc1F)OC31CCOCC1)[C@@H](O[Si-](C)(C)C(C)(C)C)CC1(CCC1)C2. The summed E-state index contributed by atoms with van der Waals surface area (Å²) in [5.41, 5.74) is 3.43. The first-order valence-corrected chi connectivity index (χ1v) is 18.7. The van der Waals surface area contributed by atoms with E-state index in [1.807, 2.05) is 0 Å². The topological polar surface area (TPSA) is 40.6 Å². The van der Waals surface area contributed by atoms with Gasteiger partial charge in [0.1, 0.15) is 11.9 Å². The third kappa shape index (κ3) is 5.20. The Balaban J connectivity index is 1.60. The number of alkyl halides is 3. The molecule has 43 heavy (non-hydrogen) atoms. The van der Waals surface area contributed by atoms with E-state index < -0.39 is 37.6 Å². The molecule has 3 heterocycles. The molecule has 2 aromatic rings. The normalized spacial score (nSPS) is 24.7. The van der Waals surface area contributed by atoms with Gasteiger partial charge >= 0.3 is 6.18 Å². The highest BCUT2D eigenvalue weighted by atomic mass is 28.4. The second-order valence-electron chi connectivity index (χ2n) is 15.2. The van der Waals surface area contributed by atoms with E-state index in [4.69, 9.17) is 18.9 Å². The summed E-state index contributed by atoms with van der Waals surface area (Å²) in [6, 6.07) is 2.81. The largest absolute Gasteiger partial charge is 0.559 e. The van der Waals surface area contributed by atoms with Gasteiger partial charge < -0.3 is 13.9 Å².